The number of nitrogen functional groups attached to an aromatic ring is 1. The highest BCUT2D eigenvalue weighted by Gasteiger charge is 2.18. The van der Waals surface area contributed by atoms with E-state index in [2.05, 4.69) is 4.74 Å². The van der Waals surface area contributed by atoms with Crippen LogP contribution in [0.25, 0.3) is 0 Å². The molecular formula is C15H23ClN2O3. The van der Waals surface area contributed by atoms with E-state index >= 15 is 0 Å². The molecule has 0 aliphatic carbocycles. The standard InChI is InChI=1S/C15H22N2O3.ClH/c1-11(15(19)20-3)10-17(2)14(18)9-8-12-6-4-5-7-13(12)16;/h4-7,11H,8-10,16H2,1-3H3;1H. The van der Waals surface area contributed by atoms with Crippen LogP contribution in [0.4, 0.5) is 5.69 Å². The third kappa shape index (κ3) is 6.04. The number of hydrogen-bond donors (Lipinski definition) is 1. The summed E-state index contributed by atoms with van der Waals surface area (Å²) >= 11 is 0. The first kappa shape index (κ1) is 19.2. The van der Waals surface area contributed by atoms with Gasteiger partial charge in [-0.1, -0.05) is 25.1 Å². The van der Waals surface area contributed by atoms with E-state index in [0.29, 0.717) is 25.1 Å². The summed E-state index contributed by atoms with van der Waals surface area (Å²) in [7, 11) is 3.04. The van der Waals surface area contributed by atoms with Gasteiger partial charge < -0.3 is 15.4 Å². The van der Waals surface area contributed by atoms with E-state index < -0.39 is 0 Å². The van der Waals surface area contributed by atoms with Crippen molar-refractivity contribution in [1.82, 2.24) is 4.90 Å². The molecular weight excluding hydrogens is 292 g/mol. The van der Waals surface area contributed by atoms with Crippen LogP contribution in [0.2, 0.25) is 0 Å². The normalized spacial score (nSPS) is 11.2. The summed E-state index contributed by atoms with van der Waals surface area (Å²) in [5, 5.41) is 0. The molecule has 0 saturated carbocycles. The smallest absolute Gasteiger partial charge is 0.310 e. The summed E-state index contributed by atoms with van der Waals surface area (Å²) in [5.74, 6) is -0.642. The molecule has 1 aromatic rings. The number of amides is 1. The summed E-state index contributed by atoms with van der Waals surface area (Å²) in [4.78, 5) is 24.9. The third-order valence-electron chi connectivity index (χ3n) is 3.24. The maximum Gasteiger partial charge on any atom is 0.310 e. The predicted octanol–water partition coefficient (Wildman–Crippen LogP) is 1.89. The highest BCUT2D eigenvalue weighted by molar-refractivity contribution is 5.85. The average Bonchev–Trinajstić information content (AvgIpc) is 2.44. The van der Waals surface area contributed by atoms with Gasteiger partial charge in [0.1, 0.15) is 0 Å². The van der Waals surface area contributed by atoms with Gasteiger partial charge >= 0.3 is 5.97 Å². The van der Waals surface area contributed by atoms with Gasteiger partial charge in [-0.3, -0.25) is 9.59 Å². The van der Waals surface area contributed by atoms with Crippen molar-refractivity contribution < 1.29 is 14.3 Å². The number of hydrogen-bond acceptors (Lipinski definition) is 4. The Kier molecular flexibility index (Phi) is 8.47. The molecule has 5 nitrogen and oxygen atoms in total. The summed E-state index contributed by atoms with van der Waals surface area (Å²) in [5.41, 5.74) is 7.50. The molecule has 2 N–H and O–H groups in total. The molecule has 6 heteroatoms. The third-order valence-corrected chi connectivity index (χ3v) is 3.24. The van der Waals surface area contributed by atoms with E-state index in [-0.39, 0.29) is 30.2 Å². The first-order chi connectivity index (χ1) is 9.45. The minimum absolute atomic E-state index is 0. The number of carbonyl (C=O) groups is 2. The van der Waals surface area contributed by atoms with Gasteiger partial charge in [0.05, 0.1) is 13.0 Å². The number of rotatable bonds is 6. The minimum Gasteiger partial charge on any atom is -0.469 e. The van der Waals surface area contributed by atoms with E-state index in [1.807, 2.05) is 24.3 Å². The number of anilines is 1. The Bertz CT molecular complexity index is 480. The Balaban J connectivity index is 0.00000400. The van der Waals surface area contributed by atoms with Crippen LogP contribution < -0.4 is 5.73 Å². The van der Waals surface area contributed by atoms with E-state index in [9.17, 15) is 9.59 Å². The molecule has 118 valence electrons. The van der Waals surface area contributed by atoms with Gasteiger partial charge in [0.15, 0.2) is 0 Å². The van der Waals surface area contributed by atoms with Gasteiger partial charge in [0.25, 0.3) is 0 Å². The van der Waals surface area contributed by atoms with Crippen LogP contribution in [0.1, 0.15) is 18.9 Å². The molecule has 0 saturated heterocycles. The Morgan fingerprint density at radius 3 is 2.52 bits per heavy atom. The second kappa shape index (κ2) is 9.23. The molecule has 1 amide bonds. The number of aryl methyl sites for hydroxylation is 1. The Morgan fingerprint density at radius 2 is 1.95 bits per heavy atom. The lowest BCUT2D eigenvalue weighted by atomic mass is 10.1. The largest absolute Gasteiger partial charge is 0.469 e. The quantitative estimate of drug-likeness (QED) is 0.643. The second-order valence-electron chi connectivity index (χ2n) is 4.90. The van der Waals surface area contributed by atoms with Gasteiger partial charge in [-0.25, -0.2) is 0 Å². The van der Waals surface area contributed by atoms with Crippen LogP contribution in [0.15, 0.2) is 24.3 Å². The molecule has 21 heavy (non-hydrogen) atoms. The summed E-state index contributed by atoms with van der Waals surface area (Å²) < 4.78 is 4.64. The molecule has 1 unspecified atom stereocenters. The molecule has 1 rings (SSSR count). The molecule has 0 radical (unpaired) electrons. The van der Waals surface area contributed by atoms with Crippen molar-refractivity contribution in [2.75, 3.05) is 26.4 Å². The predicted molar refractivity (Wildman–Crippen MR) is 85.2 cm³/mol. The van der Waals surface area contributed by atoms with Gasteiger partial charge in [-0.05, 0) is 18.1 Å². The highest BCUT2D eigenvalue weighted by Crippen LogP contribution is 2.13. The monoisotopic (exact) mass is 314 g/mol. The molecule has 0 spiro atoms. The lowest BCUT2D eigenvalue weighted by Crippen LogP contribution is -2.34. The van der Waals surface area contributed by atoms with Crippen molar-refractivity contribution in [3.05, 3.63) is 29.8 Å². The zero-order valence-electron chi connectivity index (χ0n) is 12.7. The van der Waals surface area contributed by atoms with Crippen LogP contribution >= 0.6 is 12.4 Å². The van der Waals surface area contributed by atoms with Crippen molar-refractivity contribution >= 4 is 30.0 Å². The lowest BCUT2D eigenvalue weighted by molar-refractivity contribution is -0.146. The Morgan fingerprint density at radius 1 is 1.33 bits per heavy atom. The minimum atomic E-state index is -0.323. The van der Waals surface area contributed by atoms with Crippen molar-refractivity contribution in [1.29, 1.82) is 0 Å². The van der Waals surface area contributed by atoms with Crippen molar-refractivity contribution in [2.24, 2.45) is 5.92 Å². The van der Waals surface area contributed by atoms with Crippen LogP contribution in [-0.2, 0) is 20.7 Å². The van der Waals surface area contributed by atoms with Gasteiger partial charge in [0, 0.05) is 25.7 Å². The van der Waals surface area contributed by atoms with Gasteiger partial charge in [-0.15, -0.1) is 12.4 Å². The highest BCUT2D eigenvalue weighted by atomic mass is 35.5. The molecule has 1 atom stereocenters. The molecule has 0 bridgehead atoms. The van der Waals surface area contributed by atoms with E-state index in [4.69, 9.17) is 5.73 Å². The number of halogens is 1. The number of para-hydroxylation sites is 1. The summed E-state index contributed by atoms with van der Waals surface area (Å²) in [6.07, 6.45) is 0.973. The number of methoxy groups -OCH3 is 1. The topological polar surface area (TPSA) is 72.6 Å². The number of nitrogens with zero attached hydrogens (tertiary/aromatic N) is 1. The van der Waals surface area contributed by atoms with E-state index in [1.165, 1.54) is 7.11 Å². The zero-order chi connectivity index (χ0) is 15.1. The first-order valence-corrected chi connectivity index (χ1v) is 6.61. The number of esters is 1. The maximum atomic E-state index is 12.0. The van der Waals surface area contributed by atoms with Crippen molar-refractivity contribution in [3.8, 4) is 0 Å². The number of benzene rings is 1. The molecule has 0 aliphatic heterocycles. The van der Waals surface area contributed by atoms with Gasteiger partial charge in [0.2, 0.25) is 5.91 Å². The molecule has 0 aliphatic rings. The number of ether oxygens (including phenoxy) is 1. The van der Waals surface area contributed by atoms with Crippen LogP contribution in [0, 0.1) is 5.92 Å². The van der Waals surface area contributed by atoms with Crippen LogP contribution in [-0.4, -0.2) is 37.5 Å². The summed E-state index contributed by atoms with van der Waals surface area (Å²) in [6.45, 7) is 2.10. The first-order valence-electron chi connectivity index (χ1n) is 6.61. The van der Waals surface area contributed by atoms with E-state index in [1.54, 1.807) is 18.9 Å². The van der Waals surface area contributed by atoms with E-state index in [0.717, 1.165) is 5.56 Å². The Labute approximate surface area is 131 Å². The SMILES string of the molecule is COC(=O)C(C)CN(C)C(=O)CCc1ccccc1N.Cl. The van der Waals surface area contributed by atoms with Gasteiger partial charge in [-0.2, -0.15) is 0 Å². The maximum absolute atomic E-state index is 12.0. The number of carbonyl (C=O) groups excluding carboxylic acids is 2. The molecule has 1 aromatic carbocycles. The fourth-order valence-electron chi connectivity index (χ4n) is 1.98. The van der Waals surface area contributed by atoms with Crippen molar-refractivity contribution in [2.45, 2.75) is 19.8 Å². The fraction of sp³-hybridized carbons (Fsp3) is 0.467. The zero-order valence-corrected chi connectivity index (χ0v) is 13.5. The molecule has 0 aromatic heterocycles. The average molecular weight is 315 g/mol. The second-order valence-corrected chi connectivity index (χ2v) is 4.90. The number of nitrogens with two attached hydrogens (primary N) is 1. The Hall–Kier alpha value is -1.75. The molecule has 0 heterocycles. The summed E-state index contributed by atoms with van der Waals surface area (Å²) in [6, 6.07) is 7.51. The van der Waals surface area contributed by atoms with Crippen LogP contribution in [0.5, 0.6) is 0 Å². The molecule has 0 fully saturated rings. The lowest BCUT2D eigenvalue weighted by Gasteiger charge is -2.20. The van der Waals surface area contributed by atoms with Crippen LogP contribution in [0.3, 0.4) is 0 Å². The van der Waals surface area contributed by atoms with Crippen molar-refractivity contribution in [3.63, 3.8) is 0 Å². The fourth-order valence-corrected chi connectivity index (χ4v) is 1.98.